The van der Waals surface area contributed by atoms with Crippen LogP contribution < -0.4 is 0 Å². The van der Waals surface area contributed by atoms with E-state index in [2.05, 4.69) is 21.5 Å². The minimum absolute atomic E-state index is 0.0727. The summed E-state index contributed by atoms with van der Waals surface area (Å²) in [5.74, 6) is -0.0727. The van der Waals surface area contributed by atoms with Crippen molar-refractivity contribution in [3.63, 3.8) is 0 Å². The summed E-state index contributed by atoms with van der Waals surface area (Å²) >= 11 is 2.79. The third-order valence-corrected chi connectivity index (χ3v) is 5.41. The number of fused-ring (bicyclic) bond motifs is 1. The molecule has 0 radical (unpaired) electrons. The number of rotatable bonds is 4. The Bertz CT molecular complexity index is 1040. The van der Waals surface area contributed by atoms with Crippen LogP contribution in [-0.4, -0.2) is 32.5 Å². The Hall–Kier alpha value is -2.77. The number of thioether (sulfide) groups is 1. The van der Waals surface area contributed by atoms with E-state index in [0.29, 0.717) is 21.7 Å². The number of carbonyl (C=O) groups excluding carboxylic acids is 1. The van der Waals surface area contributed by atoms with Gasteiger partial charge in [-0.15, -0.1) is 17.9 Å². The lowest BCUT2D eigenvalue weighted by molar-refractivity contribution is -0.121. The number of pyridine rings is 1. The molecule has 26 heavy (non-hydrogen) atoms. The summed E-state index contributed by atoms with van der Waals surface area (Å²) in [6, 6.07) is 9.85. The van der Waals surface area contributed by atoms with Crippen LogP contribution in [0.4, 0.5) is 5.13 Å². The van der Waals surface area contributed by atoms with Crippen molar-refractivity contribution in [2.24, 2.45) is 4.99 Å². The van der Waals surface area contributed by atoms with Gasteiger partial charge in [-0.05, 0) is 41.6 Å². The molecule has 1 aliphatic rings. The van der Waals surface area contributed by atoms with E-state index in [-0.39, 0.29) is 5.91 Å². The number of carbonyl (C=O) groups is 1. The highest BCUT2D eigenvalue weighted by molar-refractivity contribution is 8.18. The maximum Gasteiger partial charge on any atom is 0.267 e. The molecular weight excluding hydrogens is 364 g/mol. The van der Waals surface area contributed by atoms with E-state index in [1.165, 1.54) is 23.1 Å². The molecule has 0 spiro atoms. The number of benzene rings is 1. The van der Waals surface area contributed by atoms with Crippen LogP contribution in [0.5, 0.6) is 0 Å². The molecule has 1 fully saturated rings. The number of hydrogen-bond acceptors (Lipinski definition) is 6. The summed E-state index contributed by atoms with van der Waals surface area (Å²) < 4.78 is 0. The number of aromatic nitrogens is 2. The maximum absolute atomic E-state index is 12.8. The van der Waals surface area contributed by atoms with Crippen LogP contribution in [0.25, 0.3) is 17.0 Å². The molecular formula is C19H14N4OS2. The first-order valence-corrected chi connectivity index (χ1v) is 9.59. The fourth-order valence-electron chi connectivity index (χ4n) is 2.57. The molecule has 0 saturated carbocycles. The number of hydrogen-bond donors (Lipinski definition) is 0. The second kappa shape index (κ2) is 7.23. The highest BCUT2D eigenvalue weighted by Gasteiger charge is 2.32. The van der Waals surface area contributed by atoms with Gasteiger partial charge in [-0.3, -0.25) is 14.7 Å². The number of aliphatic imine (C=N–C) groups is 1. The van der Waals surface area contributed by atoms with Crippen LogP contribution in [0.15, 0.2) is 70.7 Å². The predicted octanol–water partition coefficient (Wildman–Crippen LogP) is 4.48. The van der Waals surface area contributed by atoms with Gasteiger partial charge in [0.1, 0.15) is 0 Å². The molecule has 7 heteroatoms. The van der Waals surface area contributed by atoms with Crippen LogP contribution in [0.1, 0.15) is 5.56 Å². The van der Waals surface area contributed by atoms with E-state index in [1.807, 2.05) is 41.8 Å². The van der Waals surface area contributed by atoms with Crippen molar-refractivity contribution in [2.45, 2.75) is 0 Å². The van der Waals surface area contributed by atoms with Gasteiger partial charge in [0.25, 0.3) is 5.91 Å². The first-order chi connectivity index (χ1) is 12.7. The number of thiazole rings is 1. The number of amidine groups is 1. The van der Waals surface area contributed by atoms with Crippen molar-refractivity contribution in [3.05, 3.63) is 71.2 Å². The monoisotopic (exact) mass is 378 g/mol. The Balaban J connectivity index is 1.70. The van der Waals surface area contributed by atoms with Crippen LogP contribution in [0.3, 0.4) is 0 Å². The molecule has 2 aromatic heterocycles. The minimum atomic E-state index is -0.0727. The lowest BCUT2D eigenvalue weighted by atomic mass is 10.1. The molecule has 1 aliphatic heterocycles. The highest BCUT2D eigenvalue weighted by atomic mass is 32.2. The molecule has 0 aliphatic carbocycles. The molecule has 1 amide bonds. The predicted molar refractivity (Wildman–Crippen MR) is 108 cm³/mol. The van der Waals surface area contributed by atoms with Crippen LogP contribution in [-0.2, 0) is 4.79 Å². The van der Waals surface area contributed by atoms with Gasteiger partial charge in [0.2, 0.25) is 5.13 Å². The summed E-state index contributed by atoms with van der Waals surface area (Å²) in [5, 5.41) is 4.15. The van der Waals surface area contributed by atoms with Gasteiger partial charge in [-0.25, -0.2) is 4.98 Å². The first-order valence-electron chi connectivity index (χ1n) is 7.90. The zero-order valence-corrected chi connectivity index (χ0v) is 15.3. The SMILES string of the molecule is C=CCN1C(=O)/C(=C\c2ccc3ncccc3c2)S/C1=N/c1nccs1. The number of nitrogens with zero attached hydrogens (tertiary/aromatic N) is 4. The third-order valence-electron chi connectivity index (χ3n) is 3.74. The van der Waals surface area contributed by atoms with Gasteiger partial charge in [-0.2, -0.15) is 4.99 Å². The molecule has 0 atom stereocenters. The van der Waals surface area contributed by atoms with E-state index < -0.39 is 0 Å². The minimum Gasteiger partial charge on any atom is -0.282 e. The lowest BCUT2D eigenvalue weighted by Crippen LogP contribution is -2.29. The van der Waals surface area contributed by atoms with Gasteiger partial charge in [0, 0.05) is 29.7 Å². The first kappa shape index (κ1) is 16.7. The van der Waals surface area contributed by atoms with E-state index in [4.69, 9.17) is 0 Å². The molecule has 5 nitrogen and oxygen atoms in total. The van der Waals surface area contributed by atoms with Crippen molar-refractivity contribution >= 4 is 56.3 Å². The molecule has 0 bridgehead atoms. The quantitative estimate of drug-likeness (QED) is 0.496. The summed E-state index contributed by atoms with van der Waals surface area (Å²) in [6.45, 7) is 4.15. The molecule has 3 heterocycles. The Morgan fingerprint density at radius 2 is 2.15 bits per heavy atom. The van der Waals surface area contributed by atoms with Crippen LogP contribution >= 0.6 is 23.1 Å². The van der Waals surface area contributed by atoms with E-state index in [1.54, 1.807) is 23.4 Å². The molecule has 0 unspecified atom stereocenters. The largest absolute Gasteiger partial charge is 0.282 e. The Kier molecular flexibility index (Phi) is 4.64. The standard InChI is InChI=1S/C19H14N4OS2/c1-2-9-23-17(24)16(26-19(23)22-18-21-8-10-25-18)12-13-5-6-15-14(11-13)4-3-7-20-15/h2-8,10-12H,1,9H2/b16-12+,22-19+. The van der Waals surface area contributed by atoms with Crippen molar-refractivity contribution in [2.75, 3.05) is 6.54 Å². The average molecular weight is 378 g/mol. The van der Waals surface area contributed by atoms with Gasteiger partial charge >= 0.3 is 0 Å². The molecule has 1 saturated heterocycles. The van der Waals surface area contributed by atoms with Crippen LogP contribution in [0, 0.1) is 0 Å². The Labute approximate surface area is 158 Å². The fraction of sp³-hybridized carbons (Fsp3) is 0.0526. The summed E-state index contributed by atoms with van der Waals surface area (Å²) in [6.07, 6.45) is 7.05. The lowest BCUT2D eigenvalue weighted by Gasteiger charge is -2.11. The normalized spacial score (nSPS) is 17.5. The van der Waals surface area contributed by atoms with Gasteiger partial charge in [-0.1, -0.05) is 18.2 Å². The van der Waals surface area contributed by atoms with E-state index >= 15 is 0 Å². The zero-order valence-electron chi connectivity index (χ0n) is 13.7. The smallest absolute Gasteiger partial charge is 0.267 e. The van der Waals surface area contributed by atoms with Crippen molar-refractivity contribution in [1.82, 2.24) is 14.9 Å². The second-order valence-electron chi connectivity index (χ2n) is 5.48. The van der Waals surface area contributed by atoms with Crippen LogP contribution in [0.2, 0.25) is 0 Å². The topological polar surface area (TPSA) is 58.5 Å². The van der Waals surface area contributed by atoms with E-state index in [0.717, 1.165) is 16.5 Å². The molecule has 3 aromatic rings. The van der Waals surface area contributed by atoms with Crippen molar-refractivity contribution in [3.8, 4) is 0 Å². The van der Waals surface area contributed by atoms with Crippen molar-refractivity contribution in [1.29, 1.82) is 0 Å². The Morgan fingerprint density at radius 3 is 2.96 bits per heavy atom. The van der Waals surface area contributed by atoms with Gasteiger partial charge < -0.3 is 0 Å². The summed E-state index contributed by atoms with van der Waals surface area (Å²) in [5.41, 5.74) is 1.88. The highest BCUT2D eigenvalue weighted by Crippen LogP contribution is 2.34. The molecule has 4 rings (SSSR count). The third kappa shape index (κ3) is 3.31. The maximum atomic E-state index is 12.8. The van der Waals surface area contributed by atoms with Gasteiger partial charge in [0.05, 0.1) is 10.4 Å². The second-order valence-corrected chi connectivity index (χ2v) is 7.36. The number of amides is 1. The van der Waals surface area contributed by atoms with E-state index in [9.17, 15) is 4.79 Å². The summed E-state index contributed by atoms with van der Waals surface area (Å²) in [7, 11) is 0. The average Bonchev–Trinajstić information content (AvgIpc) is 3.26. The fourth-order valence-corrected chi connectivity index (χ4v) is 4.12. The Morgan fingerprint density at radius 1 is 1.23 bits per heavy atom. The summed E-state index contributed by atoms with van der Waals surface area (Å²) in [4.78, 5) is 28.0. The molecule has 1 aromatic carbocycles. The van der Waals surface area contributed by atoms with Crippen molar-refractivity contribution < 1.29 is 4.79 Å². The molecule has 128 valence electrons. The molecule has 0 N–H and O–H groups in total. The zero-order chi connectivity index (χ0) is 17.9. The van der Waals surface area contributed by atoms with Gasteiger partial charge in [0.15, 0.2) is 5.17 Å².